The molecule has 4 heteroatoms. The van der Waals surface area contributed by atoms with Gasteiger partial charge in [0.15, 0.2) is 0 Å². The first-order chi connectivity index (χ1) is 7.58. The summed E-state index contributed by atoms with van der Waals surface area (Å²) in [6, 6.07) is 0.439. The van der Waals surface area contributed by atoms with Crippen LogP contribution in [-0.4, -0.2) is 15.9 Å². The Hall–Kier alpha value is -0.350. The fourth-order valence-corrected chi connectivity index (χ4v) is 1.66. The lowest BCUT2D eigenvalue weighted by atomic mass is 10.3. The standard InChI is InChI=1S/C12H21BrN2O/c1-5-9(3)15-7-11(13)12(14-15)8-16-10(4)6-2/h7,9-10H,5-6,8H2,1-4H3/t9-,10-/m0/s1. The number of halogens is 1. The summed E-state index contributed by atoms with van der Waals surface area (Å²) < 4.78 is 8.72. The third-order valence-corrected chi connectivity index (χ3v) is 3.54. The van der Waals surface area contributed by atoms with Crippen molar-refractivity contribution in [3.8, 4) is 0 Å². The Morgan fingerprint density at radius 2 is 2.06 bits per heavy atom. The average Bonchev–Trinajstić information content (AvgIpc) is 2.66. The molecule has 0 spiro atoms. The van der Waals surface area contributed by atoms with Crippen molar-refractivity contribution in [2.75, 3.05) is 0 Å². The molecule has 0 aliphatic heterocycles. The highest BCUT2D eigenvalue weighted by Crippen LogP contribution is 2.20. The molecule has 0 saturated carbocycles. The number of ether oxygens (including phenoxy) is 1. The number of hydrogen-bond donors (Lipinski definition) is 0. The van der Waals surface area contributed by atoms with E-state index < -0.39 is 0 Å². The molecule has 1 aromatic heterocycles. The smallest absolute Gasteiger partial charge is 0.102 e. The van der Waals surface area contributed by atoms with Gasteiger partial charge in [-0.3, -0.25) is 4.68 Å². The van der Waals surface area contributed by atoms with Gasteiger partial charge in [-0.25, -0.2) is 0 Å². The van der Waals surface area contributed by atoms with Crippen LogP contribution < -0.4 is 0 Å². The number of aromatic nitrogens is 2. The average molecular weight is 289 g/mol. The predicted octanol–water partition coefficient (Wildman–Crippen LogP) is 3.93. The van der Waals surface area contributed by atoms with E-state index in [1.807, 2.05) is 10.9 Å². The molecule has 0 saturated heterocycles. The first-order valence-electron chi connectivity index (χ1n) is 5.93. The summed E-state index contributed by atoms with van der Waals surface area (Å²) in [5.41, 5.74) is 0.987. The van der Waals surface area contributed by atoms with Gasteiger partial charge in [0, 0.05) is 12.2 Å². The van der Waals surface area contributed by atoms with Crippen molar-refractivity contribution >= 4 is 15.9 Å². The van der Waals surface area contributed by atoms with Gasteiger partial charge in [-0.1, -0.05) is 13.8 Å². The molecule has 1 heterocycles. The molecule has 1 aromatic rings. The minimum atomic E-state index is 0.292. The summed E-state index contributed by atoms with van der Waals surface area (Å²) in [7, 11) is 0. The highest BCUT2D eigenvalue weighted by Gasteiger charge is 2.11. The molecule has 2 atom stereocenters. The van der Waals surface area contributed by atoms with Crippen molar-refractivity contribution < 1.29 is 4.74 Å². The molecule has 0 amide bonds. The van der Waals surface area contributed by atoms with Gasteiger partial charge in [-0.05, 0) is 42.6 Å². The fourth-order valence-electron chi connectivity index (χ4n) is 1.26. The first kappa shape index (κ1) is 13.7. The molecular formula is C12H21BrN2O. The number of nitrogens with zero attached hydrogens (tertiary/aromatic N) is 2. The maximum Gasteiger partial charge on any atom is 0.102 e. The van der Waals surface area contributed by atoms with Crippen LogP contribution in [0.25, 0.3) is 0 Å². The van der Waals surface area contributed by atoms with Crippen molar-refractivity contribution in [1.82, 2.24) is 9.78 Å². The van der Waals surface area contributed by atoms with Crippen molar-refractivity contribution in [1.29, 1.82) is 0 Å². The van der Waals surface area contributed by atoms with E-state index in [0.29, 0.717) is 18.8 Å². The Morgan fingerprint density at radius 3 is 2.62 bits per heavy atom. The number of hydrogen-bond acceptors (Lipinski definition) is 2. The number of rotatable bonds is 6. The van der Waals surface area contributed by atoms with Crippen molar-refractivity contribution in [3.05, 3.63) is 16.4 Å². The zero-order chi connectivity index (χ0) is 12.1. The Balaban J connectivity index is 2.63. The summed E-state index contributed by atoms with van der Waals surface area (Å²) >= 11 is 3.52. The first-order valence-corrected chi connectivity index (χ1v) is 6.72. The van der Waals surface area contributed by atoms with Gasteiger partial charge in [0.1, 0.15) is 5.69 Å². The van der Waals surface area contributed by atoms with E-state index >= 15 is 0 Å². The van der Waals surface area contributed by atoms with Crippen molar-refractivity contribution in [2.24, 2.45) is 0 Å². The van der Waals surface area contributed by atoms with Crippen molar-refractivity contribution in [3.63, 3.8) is 0 Å². The maximum absolute atomic E-state index is 5.68. The van der Waals surface area contributed by atoms with Gasteiger partial charge in [-0.15, -0.1) is 0 Å². The molecule has 0 bridgehead atoms. The minimum Gasteiger partial charge on any atom is -0.372 e. The third kappa shape index (κ3) is 3.59. The quantitative estimate of drug-likeness (QED) is 0.793. The van der Waals surface area contributed by atoms with Crippen LogP contribution >= 0.6 is 15.9 Å². The summed E-state index contributed by atoms with van der Waals surface area (Å²) in [5, 5.41) is 4.53. The van der Waals surface area contributed by atoms with E-state index in [9.17, 15) is 0 Å². The Kier molecular flexibility index (Phi) is 5.49. The molecule has 0 N–H and O–H groups in total. The molecule has 0 aliphatic carbocycles. The van der Waals surface area contributed by atoms with Crippen LogP contribution in [0.1, 0.15) is 52.3 Å². The molecular weight excluding hydrogens is 268 g/mol. The molecule has 1 rings (SSSR count). The monoisotopic (exact) mass is 288 g/mol. The van der Waals surface area contributed by atoms with Gasteiger partial charge in [-0.2, -0.15) is 5.10 Å². The van der Waals surface area contributed by atoms with E-state index in [1.54, 1.807) is 0 Å². The molecule has 0 fully saturated rings. The van der Waals surface area contributed by atoms with E-state index in [-0.39, 0.29) is 0 Å². The molecule has 0 unspecified atom stereocenters. The summed E-state index contributed by atoms with van der Waals surface area (Å²) in [6.45, 7) is 9.12. The van der Waals surface area contributed by atoms with Gasteiger partial charge in [0.2, 0.25) is 0 Å². The second kappa shape index (κ2) is 6.40. The molecule has 3 nitrogen and oxygen atoms in total. The third-order valence-electron chi connectivity index (χ3n) is 2.88. The SMILES string of the molecule is CC[C@H](C)OCc1nn([C@@H](C)CC)cc1Br. The Labute approximate surface area is 106 Å². The van der Waals surface area contributed by atoms with Gasteiger partial charge >= 0.3 is 0 Å². The molecule has 0 aliphatic rings. The lowest BCUT2D eigenvalue weighted by Gasteiger charge is -2.10. The van der Waals surface area contributed by atoms with Gasteiger partial charge in [0.25, 0.3) is 0 Å². The second-order valence-electron chi connectivity index (χ2n) is 4.19. The van der Waals surface area contributed by atoms with E-state index in [0.717, 1.165) is 23.0 Å². The zero-order valence-electron chi connectivity index (χ0n) is 10.5. The topological polar surface area (TPSA) is 27.1 Å². The van der Waals surface area contributed by atoms with E-state index in [4.69, 9.17) is 4.74 Å². The lowest BCUT2D eigenvalue weighted by Crippen LogP contribution is -2.08. The van der Waals surface area contributed by atoms with Crippen LogP contribution in [-0.2, 0) is 11.3 Å². The highest BCUT2D eigenvalue weighted by molar-refractivity contribution is 9.10. The van der Waals surface area contributed by atoms with Crippen LogP contribution in [0.5, 0.6) is 0 Å². The van der Waals surface area contributed by atoms with Crippen LogP contribution in [0.4, 0.5) is 0 Å². The zero-order valence-corrected chi connectivity index (χ0v) is 12.1. The highest BCUT2D eigenvalue weighted by atomic mass is 79.9. The van der Waals surface area contributed by atoms with E-state index in [2.05, 4.69) is 48.7 Å². The fraction of sp³-hybridized carbons (Fsp3) is 0.750. The summed E-state index contributed by atoms with van der Waals surface area (Å²) in [4.78, 5) is 0. The van der Waals surface area contributed by atoms with Crippen LogP contribution in [0.3, 0.4) is 0 Å². The van der Waals surface area contributed by atoms with Crippen LogP contribution in [0.2, 0.25) is 0 Å². The molecule has 0 aromatic carbocycles. The Morgan fingerprint density at radius 1 is 1.38 bits per heavy atom. The molecule has 92 valence electrons. The Bertz CT molecular complexity index is 325. The van der Waals surface area contributed by atoms with Crippen LogP contribution in [0, 0.1) is 0 Å². The van der Waals surface area contributed by atoms with E-state index in [1.165, 1.54) is 0 Å². The minimum absolute atomic E-state index is 0.292. The molecule has 16 heavy (non-hydrogen) atoms. The summed E-state index contributed by atoms with van der Waals surface area (Å²) in [5.74, 6) is 0. The van der Waals surface area contributed by atoms with Gasteiger partial charge in [0.05, 0.1) is 17.2 Å². The normalized spacial score (nSPS) is 15.1. The second-order valence-corrected chi connectivity index (χ2v) is 5.05. The van der Waals surface area contributed by atoms with Crippen molar-refractivity contribution in [2.45, 2.75) is 59.3 Å². The maximum atomic E-state index is 5.68. The predicted molar refractivity (Wildman–Crippen MR) is 69.5 cm³/mol. The summed E-state index contributed by atoms with van der Waals surface area (Å²) in [6.07, 6.45) is 4.44. The lowest BCUT2D eigenvalue weighted by molar-refractivity contribution is 0.0482. The molecule has 0 radical (unpaired) electrons. The largest absolute Gasteiger partial charge is 0.372 e. The van der Waals surface area contributed by atoms with Crippen LogP contribution in [0.15, 0.2) is 10.7 Å². The van der Waals surface area contributed by atoms with Gasteiger partial charge < -0.3 is 4.74 Å².